The number of methoxy groups -OCH3 is 1. The summed E-state index contributed by atoms with van der Waals surface area (Å²) in [4.78, 5) is 26.0. The van der Waals surface area contributed by atoms with Crippen LogP contribution in [-0.4, -0.2) is 47.0 Å². The van der Waals surface area contributed by atoms with Gasteiger partial charge in [0.1, 0.15) is 22.7 Å². The predicted molar refractivity (Wildman–Crippen MR) is 120 cm³/mol. The molecule has 1 aliphatic heterocycles. The van der Waals surface area contributed by atoms with Gasteiger partial charge in [-0.2, -0.15) is 0 Å². The number of hydrogen-bond donors (Lipinski definition) is 1. The number of thiophene rings is 1. The Hall–Kier alpha value is -2.67. The Balaban J connectivity index is 1.34. The average Bonchev–Trinajstić information content (AvgIpc) is 3.49. The molecule has 2 bridgehead atoms. The number of anilines is 1. The lowest BCUT2D eigenvalue weighted by atomic mass is 10.1. The number of fused-ring (bicyclic) bond motifs is 3. The minimum absolute atomic E-state index is 0.173. The van der Waals surface area contributed by atoms with Crippen LogP contribution in [0.3, 0.4) is 0 Å². The zero-order valence-corrected chi connectivity index (χ0v) is 18.2. The number of likely N-dealkylation sites (tertiary alicyclic amines) is 1. The van der Waals surface area contributed by atoms with E-state index in [-0.39, 0.29) is 5.91 Å². The Morgan fingerprint density at radius 2 is 2.10 bits per heavy atom. The Labute approximate surface area is 180 Å². The Kier molecular flexibility index (Phi) is 5.06. The van der Waals surface area contributed by atoms with Gasteiger partial charge in [-0.05, 0) is 61.8 Å². The molecule has 0 radical (unpaired) electrons. The van der Waals surface area contributed by atoms with Gasteiger partial charge in [-0.3, -0.25) is 4.79 Å². The van der Waals surface area contributed by atoms with Crippen molar-refractivity contribution in [2.45, 2.75) is 38.6 Å². The molecule has 2 atom stereocenters. The SMILES string of the molecule is COc1ccc(CCNc2ncnc3sc(C(=O)N4C[C@@H]5CC[C@@H]4C5)c(C)c23)cc1. The smallest absolute Gasteiger partial charge is 0.264 e. The summed E-state index contributed by atoms with van der Waals surface area (Å²) in [7, 11) is 1.67. The van der Waals surface area contributed by atoms with Gasteiger partial charge in [-0.25, -0.2) is 9.97 Å². The lowest BCUT2D eigenvalue weighted by Gasteiger charge is -2.26. The first-order valence-corrected chi connectivity index (χ1v) is 11.4. The fraction of sp³-hybridized carbons (Fsp3) is 0.435. The molecule has 1 amide bonds. The number of ether oxygens (including phenoxy) is 1. The zero-order valence-electron chi connectivity index (χ0n) is 17.4. The van der Waals surface area contributed by atoms with Crippen LogP contribution in [0.2, 0.25) is 0 Å². The van der Waals surface area contributed by atoms with E-state index in [4.69, 9.17) is 4.74 Å². The summed E-state index contributed by atoms with van der Waals surface area (Å²) < 4.78 is 5.22. The average molecular weight is 423 g/mol. The number of aryl methyl sites for hydroxylation is 1. The molecule has 3 heterocycles. The van der Waals surface area contributed by atoms with Crippen molar-refractivity contribution in [1.29, 1.82) is 0 Å². The predicted octanol–water partition coefficient (Wildman–Crippen LogP) is 4.29. The molecule has 2 fully saturated rings. The van der Waals surface area contributed by atoms with E-state index >= 15 is 0 Å². The zero-order chi connectivity index (χ0) is 20.7. The summed E-state index contributed by atoms with van der Waals surface area (Å²) >= 11 is 1.50. The molecule has 1 aromatic carbocycles. The highest BCUT2D eigenvalue weighted by molar-refractivity contribution is 7.20. The molecule has 0 spiro atoms. The van der Waals surface area contributed by atoms with Gasteiger partial charge in [-0.15, -0.1) is 11.3 Å². The van der Waals surface area contributed by atoms with Crippen molar-refractivity contribution in [3.05, 3.63) is 46.6 Å². The number of amides is 1. The number of rotatable bonds is 6. The highest BCUT2D eigenvalue weighted by Crippen LogP contribution is 2.40. The van der Waals surface area contributed by atoms with Gasteiger partial charge in [-0.1, -0.05) is 12.1 Å². The van der Waals surface area contributed by atoms with E-state index in [9.17, 15) is 4.79 Å². The number of hydrogen-bond acceptors (Lipinski definition) is 6. The minimum atomic E-state index is 0.173. The highest BCUT2D eigenvalue weighted by Gasteiger charge is 2.41. The summed E-state index contributed by atoms with van der Waals surface area (Å²) in [6, 6.07) is 8.54. The monoisotopic (exact) mass is 422 g/mol. The molecule has 1 saturated heterocycles. The molecule has 1 N–H and O–H groups in total. The van der Waals surface area contributed by atoms with Crippen LogP contribution in [0.15, 0.2) is 30.6 Å². The van der Waals surface area contributed by atoms with Crippen molar-refractivity contribution >= 4 is 33.3 Å². The first-order chi connectivity index (χ1) is 14.6. The number of piperidine rings is 1. The molecular formula is C23H26N4O2S. The molecule has 6 nitrogen and oxygen atoms in total. The molecule has 3 aromatic rings. The molecule has 2 aromatic heterocycles. The third-order valence-corrected chi connectivity index (χ3v) is 7.64. The normalized spacial score (nSPS) is 20.1. The molecular weight excluding hydrogens is 396 g/mol. The summed E-state index contributed by atoms with van der Waals surface area (Å²) in [6.07, 6.45) is 6.06. The second-order valence-corrected chi connectivity index (χ2v) is 9.27. The molecule has 1 aliphatic carbocycles. The van der Waals surface area contributed by atoms with Crippen LogP contribution >= 0.6 is 11.3 Å². The molecule has 1 saturated carbocycles. The Morgan fingerprint density at radius 1 is 1.27 bits per heavy atom. The molecule has 30 heavy (non-hydrogen) atoms. The van der Waals surface area contributed by atoms with Gasteiger partial charge in [0.15, 0.2) is 0 Å². The van der Waals surface area contributed by atoms with Crippen molar-refractivity contribution in [1.82, 2.24) is 14.9 Å². The summed E-state index contributed by atoms with van der Waals surface area (Å²) in [5.74, 6) is 2.54. The fourth-order valence-corrected chi connectivity index (χ4v) is 5.94. The van der Waals surface area contributed by atoms with Crippen molar-refractivity contribution < 1.29 is 9.53 Å². The first-order valence-electron chi connectivity index (χ1n) is 10.6. The van der Waals surface area contributed by atoms with Gasteiger partial charge < -0.3 is 15.0 Å². The van der Waals surface area contributed by atoms with Crippen molar-refractivity contribution in [3.63, 3.8) is 0 Å². The summed E-state index contributed by atoms with van der Waals surface area (Å²) in [6.45, 7) is 3.70. The van der Waals surface area contributed by atoms with E-state index in [2.05, 4.69) is 32.3 Å². The van der Waals surface area contributed by atoms with Crippen LogP contribution in [0.4, 0.5) is 5.82 Å². The summed E-state index contributed by atoms with van der Waals surface area (Å²) in [5.41, 5.74) is 2.23. The number of aromatic nitrogens is 2. The van der Waals surface area contributed by atoms with Crippen LogP contribution in [-0.2, 0) is 6.42 Å². The van der Waals surface area contributed by atoms with Gasteiger partial charge in [0, 0.05) is 19.1 Å². The van der Waals surface area contributed by atoms with Gasteiger partial charge in [0.25, 0.3) is 5.91 Å². The van der Waals surface area contributed by atoms with Gasteiger partial charge in [0.2, 0.25) is 0 Å². The number of nitrogens with zero attached hydrogens (tertiary/aromatic N) is 3. The molecule has 2 aliphatic rings. The maximum absolute atomic E-state index is 13.2. The van der Waals surface area contributed by atoms with Crippen molar-refractivity contribution in [2.24, 2.45) is 5.92 Å². The molecule has 5 rings (SSSR count). The first kappa shape index (κ1) is 19.3. The largest absolute Gasteiger partial charge is 0.497 e. The Bertz CT molecular complexity index is 1080. The number of carbonyl (C=O) groups is 1. The lowest BCUT2D eigenvalue weighted by Crippen LogP contribution is -2.37. The van der Waals surface area contributed by atoms with Crippen LogP contribution < -0.4 is 10.1 Å². The van der Waals surface area contributed by atoms with E-state index in [0.717, 1.165) is 58.2 Å². The highest BCUT2D eigenvalue weighted by atomic mass is 32.1. The van der Waals surface area contributed by atoms with Crippen LogP contribution in [0.1, 0.15) is 40.1 Å². The number of nitrogens with one attached hydrogen (secondary N) is 1. The summed E-state index contributed by atoms with van der Waals surface area (Å²) in [5, 5.41) is 4.43. The van der Waals surface area contributed by atoms with Crippen LogP contribution in [0.5, 0.6) is 5.75 Å². The van der Waals surface area contributed by atoms with E-state index < -0.39 is 0 Å². The van der Waals surface area contributed by atoms with Crippen molar-refractivity contribution in [3.8, 4) is 5.75 Å². The van der Waals surface area contributed by atoms with Gasteiger partial charge >= 0.3 is 0 Å². The second-order valence-electron chi connectivity index (χ2n) is 8.27. The van der Waals surface area contributed by atoms with Crippen molar-refractivity contribution in [2.75, 3.05) is 25.5 Å². The van der Waals surface area contributed by atoms with E-state index in [1.165, 1.54) is 29.7 Å². The van der Waals surface area contributed by atoms with Crippen LogP contribution in [0, 0.1) is 12.8 Å². The maximum Gasteiger partial charge on any atom is 0.264 e. The molecule has 7 heteroatoms. The molecule has 0 unspecified atom stereocenters. The third-order valence-electron chi connectivity index (χ3n) is 6.46. The third kappa shape index (κ3) is 3.41. The quantitative estimate of drug-likeness (QED) is 0.642. The Morgan fingerprint density at radius 3 is 2.80 bits per heavy atom. The van der Waals surface area contributed by atoms with Gasteiger partial charge in [0.05, 0.1) is 17.4 Å². The number of carbonyl (C=O) groups excluding carboxylic acids is 1. The number of benzene rings is 1. The van der Waals surface area contributed by atoms with Crippen LogP contribution in [0.25, 0.3) is 10.2 Å². The second kappa shape index (κ2) is 7.87. The van der Waals surface area contributed by atoms with E-state index in [0.29, 0.717) is 12.0 Å². The minimum Gasteiger partial charge on any atom is -0.497 e. The lowest BCUT2D eigenvalue weighted by molar-refractivity contribution is 0.0708. The standard InChI is InChI=1S/C23H26N4O2S/c1-14-19-21(24-10-9-15-4-7-18(29-2)8-5-15)25-13-26-22(19)30-20(14)23(28)27-12-16-3-6-17(27)11-16/h4-5,7-8,13,16-17H,3,6,9-12H2,1-2H3,(H,24,25,26)/t16-,17-/m1/s1. The molecule has 156 valence electrons. The van der Waals surface area contributed by atoms with E-state index in [1.54, 1.807) is 13.4 Å². The topological polar surface area (TPSA) is 67.3 Å². The van der Waals surface area contributed by atoms with E-state index in [1.807, 2.05) is 19.1 Å². The maximum atomic E-state index is 13.2. The fourth-order valence-electron chi connectivity index (χ4n) is 4.83.